The van der Waals surface area contributed by atoms with Gasteiger partial charge in [-0.2, -0.15) is 0 Å². The summed E-state index contributed by atoms with van der Waals surface area (Å²) in [6.45, 7) is 31.5. The zero-order chi connectivity index (χ0) is 32.2. The van der Waals surface area contributed by atoms with Gasteiger partial charge in [0.25, 0.3) is 0 Å². The Morgan fingerprint density at radius 3 is 1.43 bits per heavy atom. The molecular weight excluding hydrogens is 521 g/mol. The second-order valence-corrected chi connectivity index (χ2v) is 15.5. The Bertz CT molecular complexity index is 765. The van der Waals surface area contributed by atoms with Crippen molar-refractivity contribution < 1.29 is 19.8 Å². The molecule has 0 amide bonds. The Morgan fingerprint density at radius 1 is 0.675 bits per heavy atom. The van der Waals surface area contributed by atoms with Crippen molar-refractivity contribution in [3.8, 4) is 0 Å². The topological polar surface area (TPSA) is 111 Å². The molecule has 9 heteroatoms. The van der Waals surface area contributed by atoms with Crippen LogP contribution in [0.2, 0.25) is 0 Å². The van der Waals surface area contributed by atoms with Crippen LogP contribution in [0.25, 0.3) is 0 Å². The van der Waals surface area contributed by atoms with Gasteiger partial charge in [0.2, 0.25) is 0 Å². The van der Waals surface area contributed by atoms with E-state index in [1.165, 1.54) is 0 Å². The van der Waals surface area contributed by atoms with E-state index in [4.69, 9.17) is 5.11 Å². The van der Waals surface area contributed by atoms with Crippen molar-refractivity contribution in [1.29, 1.82) is 0 Å². The van der Waals surface area contributed by atoms with Crippen LogP contribution in [0.3, 0.4) is 0 Å². The van der Waals surface area contributed by atoms with E-state index in [0.29, 0.717) is 30.8 Å². The monoisotopic (exact) mass is 584 g/mol. The number of hydrogen-bond donors (Lipinski definition) is 5. The first-order valence-electron chi connectivity index (χ1n) is 14.8. The standard InChI is InChI=1S/C10H21NO.C10H19NO.C9H17NO.C2H6O.BS/c2*1-9(2)6-5-8(12)7-10(3,4)11-9;1-8(2)5-7(11)6-9(3,4)10-8;1-2-3;1-2/h8,11-12H,5-7H2,1-4H3;11H,5-7H2,1-4H3;10H,5-6H2,1-4H3;3H,2H2,1H3;. The van der Waals surface area contributed by atoms with Gasteiger partial charge in [-0.05, 0) is 116 Å². The summed E-state index contributed by atoms with van der Waals surface area (Å²) in [6, 6.07) is 0. The number of hydrogen-bond acceptors (Lipinski definition) is 8. The summed E-state index contributed by atoms with van der Waals surface area (Å²) < 4.78 is 0. The molecule has 3 aliphatic heterocycles. The summed E-state index contributed by atoms with van der Waals surface area (Å²) in [7, 11) is 0. The molecular formula is C31H63BN3O4S. The van der Waals surface area contributed by atoms with Crippen LogP contribution in [-0.2, 0) is 9.59 Å². The summed E-state index contributed by atoms with van der Waals surface area (Å²) in [6.07, 6.45) is 6.37. The molecule has 1 atom stereocenters. The molecule has 1 unspecified atom stereocenters. The maximum absolute atomic E-state index is 11.3. The van der Waals surface area contributed by atoms with Crippen LogP contribution in [0.5, 0.6) is 0 Å². The molecule has 235 valence electrons. The number of carbonyl (C=O) groups is 2. The molecule has 3 heterocycles. The van der Waals surface area contributed by atoms with Crippen LogP contribution >= 0.6 is 12.1 Å². The summed E-state index contributed by atoms with van der Waals surface area (Å²) in [5.41, 5.74) is 0.283. The molecule has 1 radical (unpaired) electrons. The van der Waals surface area contributed by atoms with E-state index in [0.717, 1.165) is 32.1 Å². The average Bonchev–Trinajstić information content (AvgIpc) is 2.85. The van der Waals surface area contributed by atoms with E-state index < -0.39 is 0 Å². The van der Waals surface area contributed by atoms with Gasteiger partial charge in [-0.1, -0.05) is 0 Å². The third kappa shape index (κ3) is 20.3. The van der Waals surface area contributed by atoms with Gasteiger partial charge in [0.1, 0.15) is 11.6 Å². The van der Waals surface area contributed by atoms with Gasteiger partial charge >= 0.3 is 18.8 Å². The van der Waals surface area contributed by atoms with Crippen LogP contribution < -0.4 is 16.0 Å². The molecule has 3 fully saturated rings. The Balaban J connectivity index is 0. The third-order valence-corrected chi connectivity index (χ3v) is 6.82. The van der Waals surface area contributed by atoms with Crippen molar-refractivity contribution >= 4 is 30.3 Å². The second-order valence-electron chi connectivity index (χ2n) is 15.5. The van der Waals surface area contributed by atoms with Crippen molar-refractivity contribution in [3.05, 3.63) is 0 Å². The molecule has 0 aromatic rings. The third-order valence-electron chi connectivity index (χ3n) is 6.82. The normalized spacial score (nSPS) is 27.1. The fourth-order valence-corrected chi connectivity index (χ4v) is 6.36. The molecule has 3 aliphatic rings. The van der Waals surface area contributed by atoms with Crippen LogP contribution in [-0.4, -0.2) is 74.4 Å². The van der Waals surface area contributed by atoms with Gasteiger partial charge in [-0.15, -0.1) is 0 Å². The number of Topliss-reactive ketones (excluding diaryl/α,β-unsaturated/α-hetero) is 2. The van der Waals surface area contributed by atoms with Crippen LogP contribution in [0.1, 0.15) is 141 Å². The number of carbonyl (C=O) groups excluding carboxylic acids is 2. The van der Waals surface area contributed by atoms with Crippen molar-refractivity contribution in [1.82, 2.24) is 16.0 Å². The second kappa shape index (κ2) is 16.9. The van der Waals surface area contributed by atoms with Crippen molar-refractivity contribution in [2.24, 2.45) is 0 Å². The van der Waals surface area contributed by atoms with Crippen LogP contribution in [0, 0.1) is 0 Å². The fourth-order valence-electron chi connectivity index (χ4n) is 6.36. The Labute approximate surface area is 253 Å². The van der Waals surface area contributed by atoms with E-state index in [1.807, 2.05) is 0 Å². The van der Waals surface area contributed by atoms with E-state index in [2.05, 4.69) is 118 Å². The number of rotatable bonds is 0. The molecule has 0 aromatic heterocycles. The number of ketones is 2. The molecule has 5 N–H and O–H groups in total. The van der Waals surface area contributed by atoms with Gasteiger partial charge < -0.3 is 26.2 Å². The predicted molar refractivity (Wildman–Crippen MR) is 173 cm³/mol. The first-order chi connectivity index (χ1) is 17.8. The van der Waals surface area contributed by atoms with Gasteiger partial charge in [0, 0.05) is 65.5 Å². The van der Waals surface area contributed by atoms with Gasteiger partial charge in [0.05, 0.1) is 6.10 Å². The molecule has 0 aromatic carbocycles. The van der Waals surface area contributed by atoms with Gasteiger partial charge in [-0.3, -0.25) is 9.59 Å². The Hall–Kier alpha value is -0.575. The summed E-state index contributed by atoms with van der Waals surface area (Å²) in [5, 5.41) is 27.7. The first kappa shape index (κ1) is 41.6. The SMILES string of the molecule is CC1(C)CC(=O)CC(C)(C)N1.CC1(C)CCC(=O)CC(C)(C)N1.CC1(C)CCC(O)CC(C)(C)N1.CCO.[B]=S. The van der Waals surface area contributed by atoms with Gasteiger partial charge in [-0.25, -0.2) is 0 Å². The Kier molecular flexibility index (Phi) is 17.6. The minimum atomic E-state index is -0.130. The zero-order valence-electron chi connectivity index (χ0n) is 28.1. The average molecular weight is 585 g/mol. The fraction of sp³-hybridized carbons (Fsp3) is 0.935. The predicted octanol–water partition coefficient (Wildman–Crippen LogP) is 5.33. The zero-order valence-corrected chi connectivity index (χ0v) is 29.0. The van der Waals surface area contributed by atoms with Crippen molar-refractivity contribution in [2.75, 3.05) is 6.61 Å². The van der Waals surface area contributed by atoms with Crippen LogP contribution in [0.15, 0.2) is 0 Å². The number of nitrogens with one attached hydrogen (secondary N) is 3. The molecule has 0 bridgehead atoms. The molecule has 0 saturated carbocycles. The van der Waals surface area contributed by atoms with Crippen molar-refractivity contribution in [2.45, 2.75) is 181 Å². The number of aliphatic hydroxyl groups is 2. The summed E-state index contributed by atoms with van der Waals surface area (Å²) in [5.74, 6) is 0.761. The Morgan fingerprint density at radius 2 is 1.00 bits per heavy atom. The molecule has 0 aliphatic carbocycles. The summed E-state index contributed by atoms with van der Waals surface area (Å²) >= 11 is 3.58. The quantitative estimate of drug-likeness (QED) is 0.243. The molecule has 3 rings (SSSR count). The number of aliphatic hydroxyl groups excluding tert-OH is 2. The van der Waals surface area contributed by atoms with Crippen molar-refractivity contribution in [3.63, 3.8) is 0 Å². The first-order valence-corrected chi connectivity index (χ1v) is 15.2. The molecule has 0 spiro atoms. The van der Waals surface area contributed by atoms with Crippen LogP contribution in [0.4, 0.5) is 0 Å². The van der Waals surface area contributed by atoms with E-state index >= 15 is 0 Å². The summed E-state index contributed by atoms with van der Waals surface area (Å²) in [4.78, 5) is 22.6. The minimum absolute atomic E-state index is 0.0150. The molecule has 40 heavy (non-hydrogen) atoms. The number of piperidine rings is 1. The van der Waals surface area contributed by atoms with E-state index in [-0.39, 0.29) is 45.9 Å². The molecule has 3 saturated heterocycles. The maximum atomic E-state index is 11.3. The van der Waals surface area contributed by atoms with E-state index in [1.54, 1.807) is 6.92 Å². The molecule has 7 nitrogen and oxygen atoms in total. The van der Waals surface area contributed by atoms with Gasteiger partial charge in [0.15, 0.2) is 0 Å². The van der Waals surface area contributed by atoms with E-state index in [9.17, 15) is 14.7 Å².